The number of benzene rings is 3. The molecule has 3 aromatic rings. The summed E-state index contributed by atoms with van der Waals surface area (Å²) in [5.41, 5.74) is 2.46. The molecule has 1 aliphatic carbocycles. The van der Waals surface area contributed by atoms with Gasteiger partial charge in [0.2, 0.25) is 11.8 Å². The van der Waals surface area contributed by atoms with Crippen LogP contribution in [0.4, 0.5) is 5.69 Å². The van der Waals surface area contributed by atoms with Crippen LogP contribution >= 0.6 is 0 Å². The van der Waals surface area contributed by atoms with Gasteiger partial charge in [-0.2, -0.15) is 0 Å². The molecule has 33 heavy (non-hydrogen) atoms. The van der Waals surface area contributed by atoms with Crippen LogP contribution in [0.3, 0.4) is 0 Å². The van der Waals surface area contributed by atoms with Gasteiger partial charge in [0.25, 0.3) is 0 Å². The molecule has 5 nitrogen and oxygen atoms in total. The smallest absolute Gasteiger partial charge is 0.238 e. The highest BCUT2D eigenvalue weighted by atomic mass is 16.5. The highest BCUT2D eigenvalue weighted by Gasteiger charge is 2.56. The topological polar surface area (TPSA) is 55.8 Å². The van der Waals surface area contributed by atoms with Crippen LogP contribution in [0.2, 0.25) is 0 Å². The van der Waals surface area contributed by atoms with Gasteiger partial charge < -0.3 is 9.47 Å². The minimum atomic E-state index is -0.508. The van der Waals surface area contributed by atoms with E-state index in [2.05, 4.69) is 12.2 Å². The molecule has 0 N–H and O–H groups in total. The lowest BCUT2D eigenvalue weighted by molar-refractivity contribution is -0.122. The van der Waals surface area contributed by atoms with E-state index < -0.39 is 11.8 Å². The van der Waals surface area contributed by atoms with E-state index >= 15 is 0 Å². The normalized spacial score (nSPS) is 24.0. The summed E-state index contributed by atoms with van der Waals surface area (Å²) in [6.07, 6.45) is 4.18. The maximum atomic E-state index is 14.0. The monoisotopic (exact) mass is 439 g/mol. The first kappa shape index (κ1) is 21.0. The van der Waals surface area contributed by atoms with Crippen molar-refractivity contribution in [3.8, 4) is 11.5 Å². The molecule has 1 fully saturated rings. The van der Waals surface area contributed by atoms with E-state index in [9.17, 15) is 9.59 Å². The molecule has 3 aromatic carbocycles. The molecule has 5 heteroatoms. The molecule has 0 aromatic heterocycles. The van der Waals surface area contributed by atoms with Crippen LogP contribution in [0.1, 0.15) is 23.0 Å². The first-order valence-corrected chi connectivity index (χ1v) is 11.0. The van der Waals surface area contributed by atoms with Gasteiger partial charge in [-0.3, -0.25) is 9.59 Å². The number of imide groups is 1. The number of hydrogen-bond donors (Lipinski definition) is 0. The standard InChI is InChI=1S/C28H25NO4/c1-32-20-13-16-24(33-2)23(17-20)29-27(30)25-21(18-9-5-3-6-10-18)14-15-22(26(25)28(29)31)19-11-7-4-8-12-19/h3-17,21-22,25-26H,1-2H3/t21-,22+,25-,26+. The zero-order valence-electron chi connectivity index (χ0n) is 18.5. The second kappa shape index (κ2) is 8.58. The number of nitrogens with zero attached hydrogens (tertiary/aromatic N) is 1. The number of hydrogen-bond acceptors (Lipinski definition) is 4. The molecule has 0 spiro atoms. The molecule has 4 atom stereocenters. The number of allylic oxidation sites excluding steroid dienone is 2. The number of rotatable bonds is 5. The second-order valence-corrected chi connectivity index (χ2v) is 8.36. The van der Waals surface area contributed by atoms with E-state index in [1.807, 2.05) is 60.7 Å². The summed E-state index contributed by atoms with van der Waals surface area (Å²) < 4.78 is 10.9. The Hall–Kier alpha value is -3.86. The molecule has 2 aliphatic rings. The summed E-state index contributed by atoms with van der Waals surface area (Å²) in [5, 5.41) is 0. The van der Waals surface area contributed by atoms with Gasteiger partial charge in [0.1, 0.15) is 11.5 Å². The number of amides is 2. The van der Waals surface area contributed by atoms with Crippen molar-refractivity contribution in [2.75, 3.05) is 19.1 Å². The molecule has 2 amide bonds. The molecular weight excluding hydrogens is 414 g/mol. The van der Waals surface area contributed by atoms with Crippen LogP contribution in [-0.2, 0) is 9.59 Å². The third-order valence-corrected chi connectivity index (χ3v) is 6.69. The minimum absolute atomic E-state index is 0.186. The molecule has 5 rings (SSSR count). The average molecular weight is 440 g/mol. The third kappa shape index (κ3) is 3.50. The zero-order valence-corrected chi connectivity index (χ0v) is 18.5. The summed E-state index contributed by atoms with van der Waals surface area (Å²) in [6, 6.07) is 25.0. The minimum Gasteiger partial charge on any atom is -0.497 e. The van der Waals surface area contributed by atoms with E-state index in [4.69, 9.17) is 9.47 Å². The molecule has 0 bridgehead atoms. The summed E-state index contributed by atoms with van der Waals surface area (Å²) in [5.74, 6) is -0.804. The molecule has 1 aliphatic heterocycles. The number of carbonyl (C=O) groups is 2. The molecule has 0 unspecified atom stereocenters. The van der Waals surface area contributed by atoms with Crippen molar-refractivity contribution >= 4 is 17.5 Å². The summed E-state index contributed by atoms with van der Waals surface area (Å²) in [6.45, 7) is 0. The lowest BCUT2D eigenvalue weighted by Gasteiger charge is -2.32. The van der Waals surface area contributed by atoms with Crippen molar-refractivity contribution in [1.29, 1.82) is 0 Å². The molecule has 166 valence electrons. The number of methoxy groups -OCH3 is 2. The number of carbonyl (C=O) groups excluding carboxylic acids is 2. The highest BCUT2D eigenvalue weighted by molar-refractivity contribution is 6.23. The average Bonchev–Trinajstić information content (AvgIpc) is 3.14. The molecule has 0 saturated carbocycles. The lowest BCUT2D eigenvalue weighted by atomic mass is 9.68. The summed E-state index contributed by atoms with van der Waals surface area (Å²) in [7, 11) is 3.09. The predicted molar refractivity (Wildman–Crippen MR) is 127 cm³/mol. The third-order valence-electron chi connectivity index (χ3n) is 6.69. The summed E-state index contributed by atoms with van der Waals surface area (Å²) in [4.78, 5) is 29.2. The molecule has 1 saturated heterocycles. The van der Waals surface area contributed by atoms with Crippen LogP contribution in [0.25, 0.3) is 0 Å². The van der Waals surface area contributed by atoms with E-state index in [0.29, 0.717) is 17.2 Å². The van der Waals surface area contributed by atoms with Gasteiger partial charge >= 0.3 is 0 Å². The van der Waals surface area contributed by atoms with Gasteiger partial charge in [-0.15, -0.1) is 0 Å². The van der Waals surface area contributed by atoms with Crippen LogP contribution in [0, 0.1) is 11.8 Å². The van der Waals surface area contributed by atoms with Gasteiger partial charge in [-0.05, 0) is 23.3 Å². The van der Waals surface area contributed by atoms with Crippen molar-refractivity contribution in [3.05, 3.63) is 102 Å². The zero-order chi connectivity index (χ0) is 22.9. The Morgan fingerprint density at radius 3 is 1.64 bits per heavy atom. The van der Waals surface area contributed by atoms with E-state index in [-0.39, 0.29) is 23.7 Å². The Morgan fingerprint density at radius 1 is 0.667 bits per heavy atom. The second-order valence-electron chi connectivity index (χ2n) is 8.36. The maximum Gasteiger partial charge on any atom is 0.238 e. The predicted octanol–water partition coefficient (Wildman–Crippen LogP) is 4.95. The van der Waals surface area contributed by atoms with Gasteiger partial charge in [-0.1, -0.05) is 72.8 Å². The van der Waals surface area contributed by atoms with Gasteiger partial charge in [0.15, 0.2) is 0 Å². The fraction of sp³-hybridized carbons (Fsp3) is 0.214. The van der Waals surface area contributed by atoms with Crippen LogP contribution in [0.15, 0.2) is 91.0 Å². The highest BCUT2D eigenvalue weighted by Crippen LogP contribution is 2.51. The largest absolute Gasteiger partial charge is 0.497 e. The Labute approximate surface area is 193 Å². The Morgan fingerprint density at radius 2 is 1.18 bits per heavy atom. The van der Waals surface area contributed by atoms with E-state index in [0.717, 1.165) is 11.1 Å². The SMILES string of the molecule is COc1ccc(OC)c(N2C(=O)[C@@H]3[C@H](C2=O)[C@@H](c2ccccc2)C=C[C@H]3c2ccccc2)c1. The lowest BCUT2D eigenvalue weighted by Crippen LogP contribution is -2.32. The van der Waals surface area contributed by atoms with Crippen molar-refractivity contribution in [2.24, 2.45) is 11.8 Å². The first-order chi connectivity index (χ1) is 16.1. The van der Waals surface area contributed by atoms with Crippen LogP contribution in [-0.4, -0.2) is 26.0 Å². The first-order valence-electron chi connectivity index (χ1n) is 11.0. The fourth-order valence-electron chi connectivity index (χ4n) is 5.14. The van der Waals surface area contributed by atoms with Crippen LogP contribution < -0.4 is 14.4 Å². The van der Waals surface area contributed by atoms with E-state index in [1.165, 1.54) is 12.0 Å². The molecular formula is C28H25NO4. The molecule has 0 radical (unpaired) electrons. The number of ether oxygens (including phenoxy) is 2. The van der Waals surface area contributed by atoms with Crippen LogP contribution in [0.5, 0.6) is 11.5 Å². The quantitative estimate of drug-likeness (QED) is 0.417. The summed E-state index contributed by atoms with van der Waals surface area (Å²) >= 11 is 0. The van der Waals surface area contributed by atoms with Crippen molar-refractivity contribution in [3.63, 3.8) is 0 Å². The van der Waals surface area contributed by atoms with Crippen molar-refractivity contribution < 1.29 is 19.1 Å². The van der Waals surface area contributed by atoms with E-state index in [1.54, 1.807) is 25.3 Å². The van der Waals surface area contributed by atoms with Gasteiger partial charge in [-0.25, -0.2) is 4.90 Å². The van der Waals surface area contributed by atoms with Crippen molar-refractivity contribution in [1.82, 2.24) is 0 Å². The van der Waals surface area contributed by atoms with Gasteiger partial charge in [0, 0.05) is 17.9 Å². The Balaban J connectivity index is 1.65. The number of fused-ring (bicyclic) bond motifs is 1. The number of anilines is 1. The van der Waals surface area contributed by atoms with Crippen molar-refractivity contribution in [2.45, 2.75) is 11.8 Å². The molecule has 1 heterocycles. The maximum absolute atomic E-state index is 14.0. The van der Waals surface area contributed by atoms with Gasteiger partial charge in [0.05, 0.1) is 31.7 Å². The Kier molecular flexibility index (Phi) is 5.47. The fourth-order valence-corrected chi connectivity index (χ4v) is 5.14. The Bertz CT molecular complexity index is 1140.